The number of aryl methyl sites for hydroxylation is 1. The van der Waals surface area contributed by atoms with Gasteiger partial charge in [0.2, 0.25) is 11.7 Å². The highest BCUT2D eigenvalue weighted by atomic mass is 16.5. The quantitative estimate of drug-likeness (QED) is 0.497. The second kappa shape index (κ2) is 13.6. The molecule has 10 heteroatoms. The van der Waals surface area contributed by atoms with E-state index in [-0.39, 0.29) is 30.3 Å². The summed E-state index contributed by atoms with van der Waals surface area (Å²) in [5.41, 5.74) is 1.70. The van der Waals surface area contributed by atoms with Crippen molar-refractivity contribution in [3.63, 3.8) is 0 Å². The van der Waals surface area contributed by atoms with Crippen LogP contribution in [0.4, 0.5) is 0 Å². The minimum Gasteiger partial charge on any atom is -0.493 e. The summed E-state index contributed by atoms with van der Waals surface area (Å²) in [7, 11) is 3.20. The molecule has 41 heavy (non-hydrogen) atoms. The molecule has 0 unspecified atom stereocenters. The number of hydrogen-bond donors (Lipinski definition) is 0. The van der Waals surface area contributed by atoms with Crippen LogP contribution < -0.4 is 14.2 Å². The number of carbonyl (C=O) groups is 2. The predicted octanol–water partition coefficient (Wildman–Crippen LogP) is 4.54. The Hall–Kier alpha value is -3.30. The van der Waals surface area contributed by atoms with Crippen LogP contribution in [0.1, 0.15) is 81.9 Å². The van der Waals surface area contributed by atoms with E-state index < -0.39 is 12.0 Å². The molecule has 0 radical (unpaired) electrons. The van der Waals surface area contributed by atoms with E-state index in [0.717, 1.165) is 49.8 Å². The molecule has 1 saturated carbocycles. The van der Waals surface area contributed by atoms with Crippen molar-refractivity contribution in [1.82, 2.24) is 19.9 Å². The summed E-state index contributed by atoms with van der Waals surface area (Å²) in [6, 6.07) is 3.29. The lowest BCUT2D eigenvalue weighted by Gasteiger charge is -2.39. The molecule has 5 rings (SSSR count). The Morgan fingerprint density at radius 2 is 1.73 bits per heavy atom. The van der Waals surface area contributed by atoms with Crippen LogP contribution in [-0.4, -0.2) is 71.8 Å². The number of amides is 1. The van der Waals surface area contributed by atoms with Crippen molar-refractivity contribution in [2.45, 2.75) is 89.6 Å². The number of hydrogen-bond acceptors (Lipinski definition) is 8. The molecule has 3 atom stereocenters. The van der Waals surface area contributed by atoms with Crippen molar-refractivity contribution < 1.29 is 28.5 Å². The topological polar surface area (TPSA) is 105 Å². The van der Waals surface area contributed by atoms with Crippen molar-refractivity contribution in [3.8, 4) is 17.2 Å². The molecular weight excluding hydrogens is 524 g/mol. The van der Waals surface area contributed by atoms with Gasteiger partial charge in [-0.25, -0.2) is 4.79 Å². The van der Waals surface area contributed by atoms with E-state index >= 15 is 0 Å². The number of aromatic nitrogens is 3. The molecule has 1 aliphatic carbocycles. The third-order valence-electron chi connectivity index (χ3n) is 8.71. The summed E-state index contributed by atoms with van der Waals surface area (Å²) in [5.74, 6) is 1.13. The second-order valence-corrected chi connectivity index (χ2v) is 11.8. The number of rotatable bonds is 3. The van der Waals surface area contributed by atoms with Crippen LogP contribution in [-0.2, 0) is 27.3 Å². The molecule has 2 aromatic rings. The standard InChI is InChI=1S/C31H44N4O6/c1-21-16-24-19-34(33-32-24)13-9-15-40-27-18-23(17-26(38-2)29(27)39-3)28(22-10-5-4-6-11-22)30(36)35-14-8-7-12-25(35)31(37)41-20-21/h17-19,21-22,25,28H,4-16,20H2,1-3H3/t21-,25+,28+/m1/s1. The fraction of sp³-hybridized carbons (Fsp3) is 0.677. The van der Waals surface area contributed by atoms with Crippen molar-refractivity contribution in [2.75, 3.05) is 34.0 Å². The maximum absolute atomic E-state index is 14.5. The van der Waals surface area contributed by atoms with Crippen LogP contribution in [0.3, 0.4) is 0 Å². The molecule has 2 aliphatic heterocycles. The van der Waals surface area contributed by atoms with E-state index in [1.165, 1.54) is 6.42 Å². The number of carbonyl (C=O) groups excluding carboxylic acids is 2. The van der Waals surface area contributed by atoms with Crippen molar-refractivity contribution in [1.29, 1.82) is 0 Å². The summed E-state index contributed by atoms with van der Waals surface area (Å²) in [6.07, 6.45) is 11.0. The summed E-state index contributed by atoms with van der Waals surface area (Å²) >= 11 is 0. The Kier molecular flexibility index (Phi) is 9.67. The highest BCUT2D eigenvalue weighted by molar-refractivity contribution is 5.89. The fourth-order valence-corrected chi connectivity index (χ4v) is 6.63. The van der Waals surface area contributed by atoms with E-state index in [1.807, 2.05) is 29.9 Å². The minimum absolute atomic E-state index is 0.00152. The Labute approximate surface area is 242 Å². The highest BCUT2D eigenvalue weighted by Gasteiger charge is 2.41. The largest absolute Gasteiger partial charge is 0.493 e. The predicted molar refractivity (Wildman–Crippen MR) is 152 cm³/mol. The van der Waals surface area contributed by atoms with Crippen LogP contribution in [0.2, 0.25) is 0 Å². The highest BCUT2D eigenvalue weighted by Crippen LogP contribution is 2.45. The van der Waals surface area contributed by atoms with E-state index in [0.29, 0.717) is 56.2 Å². The lowest BCUT2D eigenvalue weighted by atomic mass is 9.75. The van der Waals surface area contributed by atoms with Crippen molar-refractivity contribution in [2.24, 2.45) is 11.8 Å². The molecule has 2 fully saturated rings. The minimum atomic E-state index is -0.576. The maximum Gasteiger partial charge on any atom is 0.328 e. The molecule has 4 bridgehead atoms. The molecule has 224 valence electrons. The summed E-state index contributed by atoms with van der Waals surface area (Å²) in [6.45, 7) is 3.96. The number of piperidine rings is 1. The molecule has 3 aliphatic rings. The smallest absolute Gasteiger partial charge is 0.328 e. The van der Waals surface area contributed by atoms with Gasteiger partial charge in [-0.3, -0.25) is 9.48 Å². The number of methoxy groups -OCH3 is 2. The van der Waals surface area contributed by atoms with Crippen LogP contribution in [0, 0.1) is 11.8 Å². The molecule has 1 amide bonds. The molecular formula is C31H44N4O6. The lowest BCUT2D eigenvalue weighted by Crippen LogP contribution is -2.51. The fourth-order valence-electron chi connectivity index (χ4n) is 6.63. The molecule has 1 aromatic carbocycles. The maximum atomic E-state index is 14.5. The SMILES string of the molecule is COc1cc2cc(c1OC)OCCCn1cc(nn1)C[C@@H](C)COC(=O)[C@@H]1CCCCN1C(=O)[C@H]2C1CCCCC1. The number of fused-ring (bicyclic) bond motifs is 5. The summed E-state index contributed by atoms with van der Waals surface area (Å²) in [4.78, 5) is 29.8. The Balaban J connectivity index is 1.54. The summed E-state index contributed by atoms with van der Waals surface area (Å²) < 4.78 is 25.4. The zero-order valence-corrected chi connectivity index (χ0v) is 24.7. The molecule has 1 aromatic heterocycles. The third-order valence-corrected chi connectivity index (χ3v) is 8.71. The Morgan fingerprint density at radius 3 is 2.51 bits per heavy atom. The van der Waals surface area contributed by atoms with Gasteiger partial charge in [-0.1, -0.05) is 31.4 Å². The van der Waals surface area contributed by atoms with Crippen LogP contribution in [0.25, 0.3) is 0 Å². The normalized spacial score (nSPS) is 25.1. The van der Waals surface area contributed by atoms with Gasteiger partial charge in [0, 0.05) is 25.7 Å². The first kappa shape index (κ1) is 29.2. The molecule has 3 heterocycles. The average molecular weight is 569 g/mol. The van der Waals surface area contributed by atoms with Crippen LogP contribution >= 0.6 is 0 Å². The third kappa shape index (κ3) is 6.79. The van der Waals surface area contributed by atoms with Gasteiger partial charge in [-0.2, -0.15) is 0 Å². The Morgan fingerprint density at radius 1 is 0.927 bits per heavy atom. The summed E-state index contributed by atoms with van der Waals surface area (Å²) in [5, 5.41) is 8.56. The van der Waals surface area contributed by atoms with Crippen molar-refractivity contribution in [3.05, 3.63) is 29.6 Å². The molecule has 1 saturated heterocycles. The van der Waals surface area contributed by atoms with Gasteiger partial charge in [0.05, 0.1) is 39.0 Å². The number of cyclic esters (lactones) is 1. The zero-order chi connectivity index (χ0) is 28.8. The van der Waals surface area contributed by atoms with E-state index in [2.05, 4.69) is 10.3 Å². The van der Waals surface area contributed by atoms with E-state index in [9.17, 15) is 9.59 Å². The second-order valence-electron chi connectivity index (χ2n) is 11.8. The average Bonchev–Trinajstić information content (AvgIpc) is 3.44. The number of nitrogens with zero attached hydrogens (tertiary/aromatic N) is 4. The first-order chi connectivity index (χ1) is 20.0. The number of esters is 1. The first-order valence-corrected chi connectivity index (χ1v) is 15.2. The molecule has 10 nitrogen and oxygen atoms in total. The Bertz CT molecular complexity index is 1190. The van der Waals surface area contributed by atoms with E-state index in [1.54, 1.807) is 19.1 Å². The van der Waals surface area contributed by atoms with Gasteiger partial charge in [0.15, 0.2) is 11.5 Å². The molecule has 0 spiro atoms. The zero-order valence-electron chi connectivity index (χ0n) is 24.7. The number of ether oxygens (including phenoxy) is 4. The monoisotopic (exact) mass is 568 g/mol. The lowest BCUT2D eigenvalue weighted by molar-refractivity contribution is -0.159. The van der Waals surface area contributed by atoms with Crippen molar-refractivity contribution >= 4 is 11.9 Å². The van der Waals surface area contributed by atoms with E-state index in [4.69, 9.17) is 18.9 Å². The van der Waals surface area contributed by atoms with Gasteiger partial charge in [-0.15, -0.1) is 5.10 Å². The van der Waals surface area contributed by atoms with Gasteiger partial charge < -0.3 is 23.8 Å². The van der Waals surface area contributed by atoms with Gasteiger partial charge >= 0.3 is 5.97 Å². The van der Waals surface area contributed by atoms with Gasteiger partial charge in [0.1, 0.15) is 6.04 Å². The number of benzene rings is 1. The van der Waals surface area contributed by atoms with Gasteiger partial charge in [-0.05, 0) is 68.1 Å². The van der Waals surface area contributed by atoms with Gasteiger partial charge in [0.25, 0.3) is 0 Å². The van der Waals surface area contributed by atoms with Crippen LogP contribution in [0.15, 0.2) is 18.3 Å². The molecule has 0 N–H and O–H groups in total. The van der Waals surface area contributed by atoms with Crippen LogP contribution in [0.5, 0.6) is 17.2 Å². The first-order valence-electron chi connectivity index (χ1n) is 15.2.